The van der Waals surface area contributed by atoms with E-state index in [1.807, 2.05) is 23.1 Å². The van der Waals surface area contributed by atoms with Gasteiger partial charge in [-0.25, -0.2) is 4.98 Å². The number of hydrogen-bond acceptors (Lipinski definition) is 4. The number of rotatable bonds is 4. The maximum absolute atomic E-state index is 12.6. The first-order valence-corrected chi connectivity index (χ1v) is 8.51. The van der Waals surface area contributed by atoms with Crippen LogP contribution in [0.1, 0.15) is 22.3 Å². The van der Waals surface area contributed by atoms with E-state index < -0.39 is 11.7 Å². The van der Waals surface area contributed by atoms with E-state index in [0.717, 1.165) is 18.0 Å². The molecule has 0 aliphatic carbocycles. The van der Waals surface area contributed by atoms with Crippen molar-refractivity contribution in [3.63, 3.8) is 0 Å². The van der Waals surface area contributed by atoms with E-state index in [1.165, 1.54) is 11.0 Å². The zero-order valence-electron chi connectivity index (χ0n) is 15.0. The average molecular weight is 379 g/mol. The molecular weight excluding hydrogens is 359 g/mol. The third-order valence-electron chi connectivity index (χ3n) is 4.38. The smallest absolute Gasteiger partial charge is 0.417 e. The number of anilines is 1. The van der Waals surface area contributed by atoms with Crippen LogP contribution >= 0.6 is 0 Å². The lowest BCUT2D eigenvalue weighted by molar-refractivity contribution is -0.137. The van der Waals surface area contributed by atoms with Crippen LogP contribution in [0.4, 0.5) is 18.9 Å². The van der Waals surface area contributed by atoms with Gasteiger partial charge in [-0.1, -0.05) is 12.1 Å². The van der Waals surface area contributed by atoms with Gasteiger partial charge in [0.25, 0.3) is 5.91 Å². The van der Waals surface area contributed by atoms with E-state index in [1.54, 1.807) is 20.2 Å². The number of amides is 1. The Morgan fingerprint density at radius 1 is 1.22 bits per heavy atom. The molecule has 0 radical (unpaired) electrons. The standard InChI is InChI=1S/C19H20F3N3O2/c1-24(2)18(26)15-5-3-4-6-16(15)25-10-9-14(12-25)27-17-8-7-13(11-23-17)19(20,21)22/h3-8,11,14H,9-10,12H2,1-2H3. The Kier molecular flexibility index (Phi) is 5.25. The molecular formula is C19H20F3N3O2. The second kappa shape index (κ2) is 7.46. The Labute approximate surface area is 155 Å². The highest BCUT2D eigenvalue weighted by atomic mass is 19.4. The van der Waals surface area contributed by atoms with Crippen molar-refractivity contribution >= 4 is 11.6 Å². The zero-order valence-corrected chi connectivity index (χ0v) is 15.0. The van der Waals surface area contributed by atoms with Crippen molar-refractivity contribution < 1.29 is 22.7 Å². The number of hydrogen-bond donors (Lipinski definition) is 0. The summed E-state index contributed by atoms with van der Waals surface area (Å²) in [6.07, 6.45) is -3.17. The number of halogens is 3. The number of aromatic nitrogens is 1. The molecule has 1 unspecified atom stereocenters. The molecule has 144 valence electrons. The molecule has 1 aliphatic heterocycles. The fourth-order valence-corrected chi connectivity index (χ4v) is 3.00. The molecule has 1 aliphatic rings. The summed E-state index contributed by atoms with van der Waals surface area (Å²) in [4.78, 5) is 19.7. The molecule has 0 saturated carbocycles. The number of nitrogens with zero attached hydrogens (tertiary/aromatic N) is 3. The quantitative estimate of drug-likeness (QED) is 0.816. The maximum atomic E-state index is 12.6. The Hall–Kier alpha value is -2.77. The highest BCUT2D eigenvalue weighted by Crippen LogP contribution is 2.30. The topological polar surface area (TPSA) is 45.7 Å². The molecule has 3 rings (SSSR count). The SMILES string of the molecule is CN(C)C(=O)c1ccccc1N1CCC(Oc2ccc(C(F)(F)F)cn2)C1. The van der Waals surface area contributed by atoms with Crippen LogP contribution in [0.2, 0.25) is 0 Å². The van der Waals surface area contributed by atoms with Crippen LogP contribution in [-0.4, -0.2) is 49.1 Å². The molecule has 8 heteroatoms. The van der Waals surface area contributed by atoms with Gasteiger partial charge in [0.1, 0.15) is 6.10 Å². The van der Waals surface area contributed by atoms with Crippen LogP contribution in [0.5, 0.6) is 5.88 Å². The molecule has 27 heavy (non-hydrogen) atoms. The van der Waals surface area contributed by atoms with E-state index in [2.05, 4.69) is 4.98 Å². The molecule has 1 fully saturated rings. The van der Waals surface area contributed by atoms with E-state index >= 15 is 0 Å². The summed E-state index contributed by atoms with van der Waals surface area (Å²) in [6.45, 7) is 1.21. The molecule has 0 spiro atoms. The third kappa shape index (κ3) is 4.32. The van der Waals surface area contributed by atoms with Crippen LogP contribution in [0.15, 0.2) is 42.6 Å². The lowest BCUT2D eigenvalue weighted by Crippen LogP contribution is -2.28. The van der Waals surface area contributed by atoms with Gasteiger partial charge in [-0.05, 0) is 18.2 Å². The van der Waals surface area contributed by atoms with Crippen molar-refractivity contribution in [1.82, 2.24) is 9.88 Å². The predicted octanol–water partition coefficient (Wildman–Crippen LogP) is 3.46. The predicted molar refractivity (Wildman–Crippen MR) is 94.9 cm³/mol. The third-order valence-corrected chi connectivity index (χ3v) is 4.38. The lowest BCUT2D eigenvalue weighted by Gasteiger charge is -2.23. The zero-order chi connectivity index (χ0) is 19.6. The van der Waals surface area contributed by atoms with E-state index in [-0.39, 0.29) is 17.9 Å². The fourth-order valence-electron chi connectivity index (χ4n) is 3.00. The van der Waals surface area contributed by atoms with Gasteiger partial charge in [-0.15, -0.1) is 0 Å². The number of pyridine rings is 1. The Balaban J connectivity index is 1.68. The van der Waals surface area contributed by atoms with E-state index in [4.69, 9.17) is 4.74 Å². The van der Waals surface area contributed by atoms with Gasteiger partial charge in [-0.2, -0.15) is 13.2 Å². The summed E-state index contributed by atoms with van der Waals surface area (Å²) in [6, 6.07) is 9.54. The van der Waals surface area contributed by atoms with Crippen molar-refractivity contribution in [3.05, 3.63) is 53.7 Å². The minimum Gasteiger partial charge on any atom is -0.472 e. The van der Waals surface area contributed by atoms with Gasteiger partial charge in [0, 0.05) is 45.0 Å². The first-order chi connectivity index (χ1) is 12.8. The Morgan fingerprint density at radius 2 is 1.96 bits per heavy atom. The van der Waals surface area contributed by atoms with Gasteiger partial charge >= 0.3 is 6.18 Å². The van der Waals surface area contributed by atoms with Gasteiger partial charge in [-0.3, -0.25) is 4.79 Å². The molecule has 1 atom stereocenters. The summed E-state index contributed by atoms with van der Waals surface area (Å²) in [5, 5.41) is 0. The summed E-state index contributed by atoms with van der Waals surface area (Å²) < 4.78 is 43.5. The van der Waals surface area contributed by atoms with Crippen molar-refractivity contribution in [3.8, 4) is 5.88 Å². The molecule has 2 heterocycles. The Bertz CT molecular complexity index is 807. The molecule has 0 N–H and O–H groups in total. The highest BCUT2D eigenvalue weighted by Gasteiger charge is 2.31. The fraction of sp³-hybridized carbons (Fsp3) is 0.368. The van der Waals surface area contributed by atoms with Crippen LogP contribution in [0.25, 0.3) is 0 Å². The lowest BCUT2D eigenvalue weighted by atomic mass is 10.1. The molecule has 1 aromatic carbocycles. The van der Waals surface area contributed by atoms with Gasteiger partial charge in [0.2, 0.25) is 5.88 Å². The molecule has 2 aromatic rings. The summed E-state index contributed by atoms with van der Waals surface area (Å²) in [5.41, 5.74) is 0.623. The molecule has 1 saturated heterocycles. The number of para-hydroxylation sites is 1. The second-order valence-corrected chi connectivity index (χ2v) is 6.57. The second-order valence-electron chi connectivity index (χ2n) is 6.57. The average Bonchev–Trinajstić information content (AvgIpc) is 3.09. The van der Waals surface area contributed by atoms with Crippen LogP contribution < -0.4 is 9.64 Å². The summed E-state index contributed by atoms with van der Waals surface area (Å²) in [7, 11) is 3.40. The molecule has 1 aromatic heterocycles. The minimum atomic E-state index is -4.42. The van der Waals surface area contributed by atoms with Crippen molar-refractivity contribution in [2.75, 3.05) is 32.1 Å². The maximum Gasteiger partial charge on any atom is 0.417 e. The minimum absolute atomic E-state index is 0.0839. The Morgan fingerprint density at radius 3 is 2.59 bits per heavy atom. The monoisotopic (exact) mass is 379 g/mol. The number of carbonyl (C=O) groups is 1. The number of alkyl halides is 3. The first-order valence-electron chi connectivity index (χ1n) is 8.51. The summed E-state index contributed by atoms with van der Waals surface area (Å²) >= 11 is 0. The van der Waals surface area contributed by atoms with Crippen LogP contribution in [0.3, 0.4) is 0 Å². The number of benzene rings is 1. The highest BCUT2D eigenvalue weighted by molar-refractivity contribution is 5.99. The van der Waals surface area contributed by atoms with Crippen molar-refractivity contribution in [2.45, 2.75) is 18.7 Å². The number of carbonyl (C=O) groups excluding carboxylic acids is 1. The van der Waals surface area contributed by atoms with Crippen molar-refractivity contribution in [1.29, 1.82) is 0 Å². The normalized spacial score (nSPS) is 17.1. The van der Waals surface area contributed by atoms with Gasteiger partial charge in [0.05, 0.1) is 17.7 Å². The largest absolute Gasteiger partial charge is 0.472 e. The first kappa shape index (κ1) is 19.0. The van der Waals surface area contributed by atoms with Crippen LogP contribution in [-0.2, 0) is 6.18 Å². The molecule has 0 bridgehead atoms. The van der Waals surface area contributed by atoms with Crippen LogP contribution in [0, 0.1) is 0 Å². The van der Waals surface area contributed by atoms with Crippen molar-refractivity contribution in [2.24, 2.45) is 0 Å². The molecule has 1 amide bonds. The summed E-state index contributed by atoms with van der Waals surface area (Å²) in [5.74, 6) is 0.0758. The van der Waals surface area contributed by atoms with Gasteiger partial charge in [0.15, 0.2) is 0 Å². The number of ether oxygens (including phenoxy) is 1. The van der Waals surface area contributed by atoms with Gasteiger partial charge < -0.3 is 14.5 Å². The van der Waals surface area contributed by atoms with E-state index in [9.17, 15) is 18.0 Å². The molecule has 5 nitrogen and oxygen atoms in total. The van der Waals surface area contributed by atoms with E-state index in [0.29, 0.717) is 25.1 Å².